The molecule has 3 N–H and O–H groups in total. The summed E-state index contributed by atoms with van der Waals surface area (Å²) in [6, 6.07) is 4.99. The average Bonchev–Trinajstić information content (AvgIpc) is 2.57. The monoisotopic (exact) mass is 421 g/mol. The molecule has 1 amide bonds. The highest BCUT2D eigenvalue weighted by Gasteiger charge is 2.22. The Kier molecular flexibility index (Phi) is 9.62. The van der Waals surface area contributed by atoms with Gasteiger partial charge in [0.25, 0.3) is 0 Å². The summed E-state index contributed by atoms with van der Waals surface area (Å²) in [4.78, 5) is 30.1. The molecule has 0 aliphatic carbocycles. The lowest BCUT2D eigenvalue weighted by Gasteiger charge is -2.20. The molecule has 0 saturated carbocycles. The van der Waals surface area contributed by atoms with Gasteiger partial charge in [0.1, 0.15) is 0 Å². The molecule has 1 unspecified atom stereocenters. The lowest BCUT2D eigenvalue weighted by Crippen LogP contribution is -2.31. The number of phosphoric ester groups is 1. The van der Waals surface area contributed by atoms with Crippen LogP contribution in [0.1, 0.15) is 57.1 Å². The van der Waals surface area contributed by atoms with Gasteiger partial charge in [-0.05, 0) is 24.1 Å². The van der Waals surface area contributed by atoms with E-state index in [1.54, 1.807) is 6.07 Å². The first-order valence-corrected chi connectivity index (χ1v) is 12.2. The fourth-order valence-electron chi connectivity index (χ4n) is 2.51. The molecular weight excluding hydrogens is 393 g/mol. The van der Waals surface area contributed by atoms with Gasteiger partial charge in [-0.15, -0.1) is 0 Å². The van der Waals surface area contributed by atoms with E-state index in [-0.39, 0.29) is 17.2 Å². The summed E-state index contributed by atoms with van der Waals surface area (Å²) in [5.41, 5.74) is 0.394. The highest BCUT2D eigenvalue weighted by Crippen LogP contribution is 2.37. The predicted molar refractivity (Wildman–Crippen MR) is 102 cm³/mol. The van der Waals surface area contributed by atoms with Crippen molar-refractivity contribution in [2.75, 3.05) is 12.9 Å². The summed E-state index contributed by atoms with van der Waals surface area (Å²) in [5.74, 6) is -0.282. The van der Waals surface area contributed by atoms with E-state index in [4.69, 9.17) is 9.79 Å². The number of carbonyl (C=O) groups excluding carboxylic acids is 1. The molecular formula is C17H28NO7PS. The molecule has 0 aliphatic rings. The molecule has 8 nitrogen and oxygen atoms in total. The number of nitrogens with one attached hydrogen (secondary N) is 1. The number of hydrogen-bond donors (Lipinski definition) is 3. The van der Waals surface area contributed by atoms with Crippen molar-refractivity contribution in [2.45, 2.75) is 56.4 Å². The minimum absolute atomic E-state index is 0.0509. The molecule has 27 heavy (non-hydrogen) atoms. The van der Waals surface area contributed by atoms with Gasteiger partial charge < -0.3 is 15.1 Å². The number of amides is 1. The second-order valence-corrected chi connectivity index (χ2v) is 9.67. The molecule has 0 spiro atoms. The third-order valence-corrected chi connectivity index (χ3v) is 5.54. The Labute approximate surface area is 160 Å². The van der Waals surface area contributed by atoms with Crippen molar-refractivity contribution in [3.63, 3.8) is 0 Å². The number of carbonyl (C=O) groups is 1. The first kappa shape index (κ1) is 23.8. The normalized spacial score (nSPS) is 13.3. The molecule has 0 heterocycles. The fourth-order valence-corrected chi connectivity index (χ4v) is 3.53. The Morgan fingerprint density at radius 1 is 1.22 bits per heavy atom. The van der Waals surface area contributed by atoms with Crippen molar-refractivity contribution < 1.29 is 32.1 Å². The Hall–Kier alpha value is -1.25. The average molecular weight is 421 g/mol. The Balaban J connectivity index is 2.84. The summed E-state index contributed by atoms with van der Waals surface area (Å²) in [6.07, 6.45) is 6.23. The van der Waals surface area contributed by atoms with Gasteiger partial charge in [-0.2, -0.15) is 0 Å². The third kappa shape index (κ3) is 10.0. The number of benzene rings is 1. The van der Waals surface area contributed by atoms with Crippen molar-refractivity contribution in [1.29, 1.82) is 0 Å². The molecule has 1 rings (SSSR count). The number of sulfone groups is 1. The van der Waals surface area contributed by atoms with E-state index in [9.17, 15) is 17.8 Å². The van der Waals surface area contributed by atoms with Crippen molar-refractivity contribution in [3.8, 4) is 0 Å². The van der Waals surface area contributed by atoms with Crippen molar-refractivity contribution in [2.24, 2.45) is 0 Å². The van der Waals surface area contributed by atoms with Gasteiger partial charge in [-0.25, -0.2) is 13.0 Å². The van der Waals surface area contributed by atoms with Crippen LogP contribution in [-0.4, -0.2) is 37.0 Å². The first-order valence-electron chi connectivity index (χ1n) is 8.82. The molecule has 0 bridgehead atoms. The van der Waals surface area contributed by atoms with Crippen LogP contribution in [0.2, 0.25) is 0 Å². The van der Waals surface area contributed by atoms with Gasteiger partial charge in [0.2, 0.25) is 5.91 Å². The van der Waals surface area contributed by atoms with Crippen LogP contribution < -0.4 is 5.32 Å². The number of hydrogen-bond acceptors (Lipinski definition) is 5. The van der Waals surface area contributed by atoms with Crippen LogP contribution >= 0.6 is 7.82 Å². The third-order valence-electron chi connectivity index (χ3n) is 3.94. The largest absolute Gasteiger partial charge is 0.469 e. The van der Waals surface area contributed by atoms with Gasteiger partial charge in [0, 0.05) is 12.7 Å². The lowest BCUT2D eigenvalue weighted by molar-refractivity contribution is -0.122. The molecule has 1 aromatic carbocycles. The van der Waals surface area contributed by atoms with E-state index in [0.717, 1.165) is 31.9 Å². The van der Waals surface area contributed by atoms with E-state index in [2.05, 4.69) is 16.8 Å². The number of unbranched alkanes of at least 4 members (excludes halogenated alkanes) is 4. The summed E-state index contributed by atoms with van der Waals surface area (Å²) < 4.78 is 39.0. The summed E-state index contributed by atoms with van der Waals surface area (Å²) in [7, 11) is -8.19. The maximum atomic E-state index is 12.2. The Morgan fingerprint density at radius 2 is 1.89 bits per heavy atom. The van der Waals surface area contributed by atoms with Crippen LogP contribution in [0.3, 0.4) is 0 Å². The molecule has 1 atom stereocenters. The minimum atomic E-state index is -4.73. The standard InChI is InChI=1S/C17H28NO7PS/c1-3-4-5-6-7-11-17(19)18-16(13-25-26(20,21)22)14-9-8-10-15(12-14)27(2,23)24/h8-10,12,16H,3-7,11,13H2,1-2H3,(H,18,19)(H2,20,21,22). The van der Waals surface area contributed by atoms with Crippen molar-refractivity contribution >= 4 is 23.6 Å². The molecule has 0 radical (unpaired) electrons. The Bertz CT molecular complexity index is 760. The zero-order valence-corrected chi connectivity index (χ0v) is 17.3. The minimum Gasteiger partial charge on any atom is -0.347 e. The van der Waals surface area contributed by atoms with Gasteiger partial charge in [-0.3, -0.25) is 9.32 Å². The van der Waals surface area contributed by atoms with Crippen molar-refractivity contribution in [3.05, 3.63) is 29.8 Å². The molecule has 1 aromatic rings. The van der Waals surface area contributed by atoms with E-state index in [1.165, 1.54) is 18.2 Å². The molecule has 0 fully saturated rings. The molecule has 10 heteroatoms. The zero-order valence-electron chi connectivity index (χ0n) is 15.6. The predicted octanol–water partition coefficient (Wildman–Crippen LogP) is 2.72. The summed E-state index contributed by atoms with van der Waals surface area (Å²) in [6.45, 7) is 1.63. The maximum absolute atomic E-state index is 12.2. The zero-order chi connectivity index (χ0) is 20.5. The fraction of sp³-hybridized carbons (Fsp3) is 0.588. The van der Waals surface area contributed by atoms with E-state index < -0.39 is 30.3 Å². The van der Waals surface area contributed by atoms with E-state index >= 15 is 0 Å². The molecule has 154 valence electrons. The lowest BCUT2D eigenvalue weighted by atomic mass is 10.1. The second-order valence-electron chi connectivity index (χ2n) is 6.42. The van der Waals surface area contributed by atoms with Crippen LogP contribution in [0.25, 0.3) is 0 Å². The van der Waals surface area contributed by atoms with Gasteiger partial charge in [0.05, 0.1) is 17.5 Å². The topological polar surface area (TPSA) is 130 Å². The first-order chi connectivity index (χ1) is 12.5. The summed E-state index contributed by atoms with van der Waals surface area (Å²) >= 11 is 0. The van der Waals surface area contributed by atoms with Gasteiger partial charge in [-0.1, -0.05) is 44.7 Å². The van der Waals surface area contributed by atoms with Crippen LogP contribution in [0, 0.1) is 0 Å². The SMILES string of the molecule is CCCCCCCC(=O)NC(COP(=O)(O)O)c1cccc(S(C)(=O)=O)c1. The highest BCUT2D eigenvalue weighted by atomic mass is 32.2. The van der Waals surface area contributed by atoms with E-state index in [1.807, 2.05) is 0 Å². The van der Waals surface area contributed by atoms with Crippen LogP contribution in [-0.2, 0) is 23.7 Å². The number of rotatable bonds is 12. The van der Waals surface area contributed by atoms with Crippen molar-refractivity contribution in [1.82, 2.24) is 5.32 Å². The highest BCUT2D eigenvalue weighted by molar-refractivity contribution is 7.90. The quantitative estimate of drug-likeness (QED) is 0.349. The molecule has 0 aromatic heterocycles. The van der Waals surface area contributed by atoms with E-state index in [0.29, 0.717) is 12.0 Å². The summed E-state index contributed by atoms with van der Waals surface area (Å²) in [5, 5.41) is 2.67. The van der Waals surface area contributed by atoms with Crippen LogP contribution in [0.5, 0.6) is 0 Å². The second kappa shape index (κ2) is 10.9. The smallest absolute Gasteiger partial charge is 0.347 e. The maximum Gasteiger partial charge on any atom is 0.469 e. The van der Waals surface area contributed by atoms with Gasteiger partial charge in [0.15, 0.2) is 9.84 Å². The van der Waals surface area contributed by atoms with Crippen LogP contribution in [0.15, 0.2) is 29.2 Å². The van der Waals surface area contributed by atoms with Gasteiger partial charge >= 0.3 is 7.82 Å². The Morgan fingerprint density at radius 3 is 2.48 bits per heavy atom. The molecule has 0 saturated heterocycles. The molecule has 0 aliphatic heterocycles. The number of phosphoric acid groups is 1. The van der Waals surface area contributed by atoms with Crippen LogP contribution in [0.4, 0.5) is 0 Å².